The number of fused-ring (bicyclic) bond motifs is 1. The molecule has 2 nitrogen and oxygen atoms in total. The molecule has 0 radical (unpaired) electrons. The molecule has 0 saturated carbocycles. The van der Waals surface area contributed by atoms with E-state index >= 15 is 0 Å². The average molecular weight is 394 g/mol. The van der Waals surface area contributed by atoms with Crippen molar-refractivity contribution in [1.29, 1.82) is 0 Å². The molecule has 0 saturated heterocycles. The quantitative estimate of drug-likeness (QED) is 0.566. The van der Waals surface area contributed by atoms with Crippen molar-refractivity contribution in [1.82, 2.24) is 0 Å². The van der Waals surface area contributed by atoms with E-state index in [1.165, 1.54) is 24.3 Å². The summed E-state index contributed by atoms with van der Waals surface area (Å²) in [5.41, 5.74) is 4.30. The van der Waals surface area contributed by atoms with Crippen molar-refractivity contribution in [3.05, 3.63) is 94.8 Å². The van der Waals surface area contributed by atoms with Crippen LogP contribution < -0.4 is 0 Å². The Balaban J connectivity index is 1.65. The molecule has 1 aliphatic carbocycles. The zero-order valence-corrected chi connectivity index (χ0v) is 15.3. The van der Waals surface area contributed by atoms with Crippen LogP contribution in [0.4, 0.5) is 13.2 Å². The molecule has 1 aliphatic rings. The summed E-state index contributed by atoms with van der Waals surface area (Å²) < 4.78 is 40.8. The van der Waals surface area contributed by atoms with Gasteiger partial charge < -0.3 is 5.11 Å². The fraction of sp³-hybridized carbons (Fsp3) is 0.125. The minimum atomic E-state index is -0.919. The highest BCUT2D eigenvalue weighted by Crippen LogP contribution is 2.44. The first-order chi connectivity index (χ1) is 13.9. The van der Waals surface area contributed by atoms with Crippen LogP contribution in [-0.2, 0) is 4.79 Å². The van der Waals surface area contributed by atoms with Crippen molar-refractivity contribution in [2.75, 3.05) is 0 Å². The summed E-state index contributed by atoms with van der Waals surface area (Å²) in [6.07, 6.45) is 2.39. The molecule has 1 unspecified atom stereocenters. The van der Waals surface area contributed by atoms with Gasteiger partial charge in [-0.05, 0) is 64.4 Å². The first kappa shape index (κ1) is 19.0. The van der Waals surface area contributed by atoms with E-state index in [1.807, 2.05) is 18.2 Å². The summed E-state index contributed by atoms with van der Waals surface area (Å²) in [6, 6.07) is 15.1. The molecule has 0 spiro atoms. The highest BCUT2D eigenvalue weighted by Gasteiger charge is 2.28. The van der Waals surface area contributed by atoms with Crippen molar-refractivity contribution in [3.8, 4) is 11.1 Å². The molecular formula is C24H17F3O2. The summed E-state index contributed by atoms with van der Waals surface area (Å²) in [5.74, 6) is -2.82. The van der Waals surface area contributed by atoms with E-state index in [4.69, 9.17) is 5.11 Å². The van der Waals surface area contributed by atoms with Gasteiger partial charge >= 0.3 is 5.97 Å². The van der Waals surface area contributed by atoms with E-state index in [0.717, 1.165) is 22.8 Å². The molecule has 5 heteroatoms. The lowest BCUT2D eigenvalue weighted by molar-refractivity contribution is -0.137. The van der Waals surface area contributed by atoms with E-state index in [2.05, 4.69) is 0 Å². The molecule has 3 aromatic carbocycles. The maximum Gasteiger partial charge on any atom is 0.303 e. The number of hydrogen-bond donors (Lipinski definition) is 1. The summed E-state index contributed by atoms with van der Waals surface area (Å²) in [6.45, 7) is 0. The molecule has 0 aliphatic heterocycles. The zero-order valence-electron chi connectivity index (χ0n) is 15.3. The lowest BCUT2D eigenvalue weighted by Crippen LogP contribution is -2.03. The first-order valence-corrected chi connectivity index (χ1v) is 9.18. The normalized spacial score (nSPS) is 16.8. The third-order valence-electron chi connectivity index (χ3n) is 5.18. The van der Waals surface area contributed by atoms with Gasteiger partial charge in [-0.1, -0.05) is 36.4 Å². The SMILES string of the molecule is O=C(O)CC1C/C(=C\c2ccc(-c3ccc(F)cc3F)cc2)c2ccc(F)cc21. The van der Waals surface area contributed by atoms with E-state index < -0.39 is 17.6 Å². The van der Waals surface area contributed by atoms with Crippen molar-refractivity contribution < 1.29 is 23.1 Å². The first-order valence-electron chi connectivity index (χ1n) is 9.18. The van der Waals surface area contributed by atoms with Gasteiger partial charge in [-0.25, -0.2) is 13.2 Å². The second kappa shape index (κ2) is 7.59. The highest BCUT2D eigenvalue weighted by atomic mass is 19.1. The van der Waals surface area contributed by atoms with Gasteiger partial charge in [0, 0.05) is 11.6 Å². The van der Waals surface area contributed by atoms with Gasteiger partial charge in [-0.3, -0.25) is 4.79 Å². The van der Waals surface area contributed by atoms with Crippen molar-refractivity contribution >= 4 is 17.6 Å². The lowest BCUT2D eigenvalue weighted by Gasteiger charge is -2.07. The molecule has 29 heavy (non-hydrogen) atoms. The number of carboxylic acid groups (broad SMARTS) is 1. The molecule has 0 heterocycles. The van der Waals surface area contributed by atoms with Crippen LogP contribution in [0.5, 0.6) is 0 Å². The Morgan fingerprint density at radius 2 is 1.59 bits per heavy atom. The van der Waals surface area contributed by atoms with Crippen molar-refractivity contribution in [2.24, 2.45) is 0 Å². The average Bonchev–Trinajstić information content (AvgIpc) is 2.98. The molecule has 0 amide bonds. The molecule has 0 fully saturated rings. The monoisotopic (exact) mass is 394 g/mol. The lowest BCUT2D eigenvalue weighted by atomic mass is 9.98. The fourth-order valence-electron chi connectivity index (χ4n) is 3.86. The molecule has 3 aromatic rings. The van der Waals surface area contributed by atoms with Crippen LogP contribution in [0.2, 0.25) is 0 Å². The Kier molecular flexibility index (Phi) is 4.97. The molecule has 4 rings (SSSR count). The third kappa shape index (κ3) is 3.94. The van der Waals surface area contributed by atoms with Crippen LogP contribution >= 0.6 is 0 Å². The molecule has 1 N–H and O–H groups in total. The predicted octanol–water partition coefficient (Wildman–Crippen LogP) is 6.27. The molecule has 0 aromatic heterocycles. The molecule has 1 atom stereocenters. The van der Waals surface area contributed by atoms with E-state index in [-0.39, 0.29) is 18.2 Å². The van der Waals surface area contributed by atoms with Gasteiger partial charge in [0.15, 0.2) is 0 Å². The highest BCUT2D eigenvalue weighted by molar-refractivity contribution is 5.87. The van der Waals surface area contributed by atoms with Crippen molar-refractivity contribution in [2.45, 2.75) is 18.8 Å². The maximum absolute atomic E-state index is 14.0. The van der Waals surface area contributed by atoms with E-state index in [1.54, 1.807) is 18.2 Å². The standard InChI is InChI=1S/C24H17F3O2/c25-18-5-7-20-16(10-17(11-24(28)29)22(20)12-18)9-14-1-3-15(4-2-14)21-8-6-19(26)13-23(21)27/h1-9,12-13,17H,10-11H2,(H,28,29)/b16-9+. The van der Waals surface area contributed by atoms with Crippen LogP contribution in [0.25, 0.3) is 22.8 Å². The van der Waals surface area contributed by atoms with Gasteiger partial charge in [-0.2, -0.15) is 0 Å². The number of carbonyl (C=O) groups is 1. The Hall–Kier alpha value is -3.34. The number of benzene rings is 3. The molecule has 146 valence electrons. The van der Waals surface area contributed by atoms with E-state index in [0.29, 0.717) is 23.1 Å². The minimum Gasteiger partial charge on any atom is -0.481 e. The number of carboxylic acids is 1. The van der Waals surface area contributed by atoms with Gasteiger partial charge in [0.05, 0.1) is 6.42 Å². The smallest absolute Gasteiger partial charge is 0.303 e. The second-order valence-electron chi connectivity index (χ2n) is 7.15. The largest absolute Gasteiger partial charge is 0.481 e. The van der Waals surface area contributed by atoms with Crippen LogP contribution in [0, 0.1) is 17.5 Å². The Morgan fingerprint density at radius 1 is 0.931 bits per heavy atom. The second-order valence-corrected chi connectivity index (χ2v) is 7.15. The number of allylic oxidation sites excluding steroid dienone is 1. The Morgan fingerprint density at radius 3 is 2.24 bits per heavy atom. The predicted molar refractivity (Wildman–Crippen MR) is 106 cm³/mol. The zero-order chi connectivity index (χ0) is 20.5. The summed E-state index contributed by atoms with van der Waals surface area (Å²) in [4.78, 5) is 11.2. The number of aliphatic carboxylic acids is 1. The molecular weight excluding hydrogens is 377 g/mol. The number of halogens is 3. The van der Waals surface area contributed by atoms with Crippen molar-refractivity contribution in [3.63, 3.8) is 0 Å². The number of rotatable bonds is 4. The van der Waals surface area contributed by atoms with E-state index in [9.17, 15) is 18.0 Å². The van der Waals surface area contributed by atoms with Gasteiger partial charge in [0.2, 0.25) is 0 Å². The Labute approximate surface area is 165 Å². The van der Waals surface area contributed by atoms with Crippen LogP contribution in [-0.4, -0.2) is 11.1 Å². The van der Waals surface area contributed by atoms with Gasteiger partial charge in [-0.15, -0.1) is 0 Å². The summed E-state index contributed by atoms with van der Waals surface area (Å²) >= 11 is 0. The van der Waals surface area contributed by atoms with Gasteiger partial charge in [0.1, 0.15) is 17.5 Å². The minimum absolute atomic E-state index is 0.0590. The number of hydrogen-bond acceptors (Lipinski definition) is 1. The maximum atomic E-state index is 14.0. The Bertz CT molecular complexity index is 1120. The summed E-state index contributed by atoms with van der Waals surface area (Å²) in [5, 5.41) is 9.16. The van der Waals surface area contributed by atoms with Crippen LogP contribution in [0.3, 0.4) is 0 Å². The van der Waals surface area contributed by atoms with Crippen LogP contribution in [0.1, 0.15) is 35.4 Å². The van der Waals surface area contributed by atoms with Gasteiger partial charge in [0.25, 0.3) is 0 Å². The topological polar surface area (TPSA) is 37.3 Å². The van der Waals surface area contributed by atoms with Crippen LogP contribution in [0.15, 0.2) is 60.7 Å². The fourth-order valence-corrected chi connectivity index (χ4v) is 3.86. The molecule has 0 bridgehead atoms. The third-order valence-corrected chi connectivity index (χ3v) is 5.18. The summed E-state index contributed by atoms with van der Waals surface area (Å²) in [7, 11) is 0.